The smallest absolute Gasteiger partial charge is 0.195 e. The first-order valence-electron chi connectivity index (χ1n) is 5.78. The van der Waals surface area contributed by atoms with Gasteiger partial charge in [0.25, 0.3) is 0 Å². The zero-order valence-electron chi connectivity index (χ0n) is 11.4. The topological polar surface area (TPSA) is 18.8 Å². The number of thioether (sulfide) groups is 1. The molecule has 0 N–H and O–H groups in total. The van der Waals surface area contributed by atoms with Gasteiger partial charge in [-0.3, -0.25) is 4.99 Å². The van der Waals surface area contributed by atoms with E-state index in [1.54, 1.807) is 11.8 Å². The standard InChI is InChI=1S/C13H20ClN3S/c1-16(2)13(17(3)4)15-9-10-18-12-7-5-11(14)6-8-12/h5-8H,9-10H2,1-4H3. The number of guanidine groups is 1. The van der Waals surface area contributed by atoms with E-state index in [2.05, 4.69) is 4.99 Å². The Kier molecular flexibility index (Phi) is 6.36. The Morgan fingerprint density at radius 3 is 2.17 bits per heavy atom. The first-order chi connectivity index (χ1) is 8.50. The van der Waals surface area contributed by atoms with Crippen LogP contribution in [-0.4, -0.2) is 56.2 Å². The van der Waals surface area contributed by atoms with E-state index < -0.39 is 0 Å². The van der Waals surface area contributed by atoms with Crippen LogP contribution in [0.25, 0.3) is 0 Å². The number of hydrogen-bond donors (Lipinski definition) is 0. The van der Waals surface area contributed by atoms with Gasteiger partial charge in [0.1, 0.15) is 0 Å². The summed E-state index contributed by atoms with van der Waals surface area (Å²) in [6.07, 6.45) is 0. The lowest BCUT2D eigenvalue weighted by molar-refractivity contribution is 0.480. The molecule has 0 saturated heterocycles. The average Bonchev–Trinajstić information content (AvgIpc) is 2.30. The normalized spacial score (nSPS) is 10.1. The fourth-order valence-electron chi connectivity index (χ4n) is 1.52. The van der Waals surface area contributed by atoms with E-state index in [0.29, 0.717) is 0 Å². The summed E-state index contributed by atoms with van der Waals surface area (Å²) in [4.78, 5) is 9.85. The molecule has 0 aliphatic heterocycles. The molecule has 0 radical (unpaired) electrons. The lowest BCUT2D eigenvalue weighted by Crippen LogP contribution is -2.35. The Bertz CT molecular complexity index is 378. The van der Waals surface area contributed by atoms with Crippen LogP contribution in [0.15, 0.2) is 34.2 Å². The zero-order valence-corrected chi connectivity index (χ0v) is 12.9. The van der Waals surface area contributed by atoms with E-state index in [4.69, 9.17) is 11.6 Å². The summed E-state index contributed by atoms with van der Waals surface area (Å²) in [6.45, 7) is 0.805. The first kappa shape index (κ1) is 15.2. The van der Waals surface area contributed by atoms with Gasteiger partial charge in [-0.05, 0) is 24.3 Å². The third-order valence-corrected chi connectivity index (χ3v) is 3.47. The lowest BCUT2D eigenvalue weighted by atomic mass is 10.4. The highest BCUT2D eigenvalue weighted by molar-refractivity contribution is 7.99. The highest BCUT2D eigenvalue weighted by atomic mass is 35.5. The van der Waals surface area contributed by atoms with E-state index in [0.717, 1.165) is 23.3 Å². The summed E-state index contributed by atoms with van der Waals surface area (Å²) in [5.74, 6) is 1.96. The molecule has 18 heavy (non-hydrogen) atoms. The van der Waals surface area contributed by atoms with Crippen LogP contribution in [0.5, 0.6) is 0 Å². The molecule has 0 atom stereocenters. The fourth-order valence-corrected chi connectivity index (χ4v) is 2.40. The second kappa shape index (κ2) is 7.54. The minimum absolute atomic E-state index is 0.778. The zero-order chi connectivity index (χ0) is 13.5. The molecule has 1 aromatic carbocycles. The lowest BCUT2D eigenvalue weighted by Gasteiger charge is -2.22. The van der Waals surface area contributed by atoms with Crippen molar-refractivity contribution in [2.24, 2.45) is 4.99 Å². The van der Waals surface area contributed by atoms with E-state index >= 15 is 0 Å². The minimum atomic E-state index is 0.778. The maximum atomic E-state index is 5.84. The molecule has 1 rings (SSSR count). The Balaban J connectivity index is 2.41. The maximum absolute atomic E-state index is 5.84. The Morgan fingerprint density at radius 2 is 1.67 bits per heavy atom. The van der Waals surface area contributed by atoms with E-state index in [1.165, 1.54) is 4.90 Å². The largest absolute Gasteiger partial charge is 0.349 e. The predicted octanol–water partition coefficient (Wildman–Crippen LogP) is 2.91. The molecule has 0 aliphatic rings. The predicted molar refractivity (Wildman–Crippen MR) is 81.9 cm³/mol. The van der Waals surface area contributed by atoms with Crippen molar-refractivity contribution in [3.63, 3.8) is 0 Å². The van der Waals surface area contributed by atoms with Gasteiger partial charge >= 0.3 is 0 Å². The molecule has 5 heteroatoms. The van der Waals surface area contributed by atoms with Crippen molar-refractivity contribution in [2.45, 2.75) is 4.90 Å². The van der Waals surface area contributed by atoms with Gasteiger partial charge in [0, 0.05) is 43.9 Å². The molecule has 0 unspecified atom stereocenters. The number of nitrogens with zero attached hydrogens (tertiary/aromatic N) is 3. The Morgan fingerprint density at radius 1 is 1.11 bits per heavy atom. The number of benzene rings is 1. The summed E-state index contributed by atoms with van der Waals surface area (Å²) < 4.78 is 0. The number of hydrogen-bond acceptors (Lipinski definition) is 2. The fraction of sp³-hybridized carbons (Fsp3) is 0.462. The van der Waals surface area contributed by atoms with Crippen molar-refractivity contribution in [3.05, 3.63) is 29.3 Å². The molecule has 1 aromatic rings. The number of halogens is 1. The molecule has 3 nitrogen and oxygen atoms in total. The second-order valence-electron chi connectivity index (χ2n) is 4.27. The van der Waals surface area contributed by atoms with Gasteiger partial charge in [0.2, 0.25) is 0 Å². The molecule has 0 bridgehead atoms. The van der Waals surface area contributed by atoms with E-state index in [1.807, 2.05) is 62.3 Å². The van der Waals surface area contributed by atoms with Crippen LogP contribution in [0.4, 0.5) is 0 Å². The number of aliphatic imine (C=N–C) groups is 1. The van der Waals surface area contributed by atoms with Gasteiger partial charge in [-0.25, -0.2) is 0 Å². The van der Waals surface area contributed by atoms with Gasteiger partial charge in [-0.2, -0.15) is 0 Å². The Labute approximate surface area is 119 Å². The molecule has 0 heterocycles. The van der Waals surface area contributed by atoms with Crippen molar-refractivity contribution in [1.29, 1.82) is 0 Å². The van der Waals surface area contributed by atoms with Crippen LogP contribution < -0.4 is 0 Å². The minimum Gasteiger partial charge on any atom is -0.349 e. The molecule has 0 saturated carbocycles. The highest BCUT2D eigenvalue weighted by Crippen LogP contribution is 2.19. The van der Waals surface area contributed by atoms with Crippen LogP contribution in [0.3, 0.4) is 0 Å². The van der Waals surface area contributed by atoms with Crippen molar-refractivity contribution >= 4 is 29.3 Å². The molecular weight excluding hydrogens is 266 g/mol. The van der Waals surface area contributed by atoms with Crippen LogP contribution in [0.2, 0.25) is 5.02 Å². The molecule has 0 aliphatic carbocycles. The van der Waals surface area contributed by atoms with Crippen LogP contribution in [0, 0.1) is 0 Å². The van der Waals surface area contributed by atoms with Crippen molar-refractivity contribution in [1.82, 2.24) is 9.80 Å². The first-order valence-corrected chi connectivity index (χ1v) is 7.14. The van der Waals surface area contributed by atoms with Crippen molar-refractivity contribution < 1.29 is 0 Å². The quantitative estimate of drug-likeness (QED) is 0.367. The SMILES string of the molecule is CN(C)C(=NCCSc1ccc(Cl)cc1)N(C)C. The molecule has 0 spiro atoms. The third kappa shape index (κ3) is 5.19. The highest BCUT2D eigenvalue weighted by Gasteiger charge is 2.03. The molecule has 100 valence electrons. The monoisotopic (exact) mass is 285 g/mol. The average molecular weight is 286 g/mol. The summed E-state index contributed by atoms with van der Waals surface area (Å²) in [5, 5.41) is 0.778. The van der Waals surface area contributed by atoms with Gasteiger partial charge in [0.05, 0.1) is 6.54 Å². The molecule has 0 amide bonds. The van der Waals surface area contributed by atoms with Crippen molar-refractivity contribution in [2.75, 3.05) is 40.5 Å². The van der Waals surface area contributed by atoms with Crippen LogP contribution in [0.1, 0.15) is 0 Å². The second-order valence-corrected chi connectivity index (χ2v) is 5.88. The van der Waals surface area contributed by atoms with Gasteiger partial charge in [-0.1, -0.05) is 11.6 Å². The van der Waals surface area contributed by atoms with Crippen molar-refractivity contribution in [3.8, 4) is 0 Å². The number of rotatable bonds is 4. The van der Waals surface area contributed by atoms with Gasteiger partial charge in [-0.15, -0.1) is 11.8 Å². The molecule has 0 fully saturated rings. The summed E-state index contributed by atoms with van der Waals surface area (Å²) in [5.41, 5.74) is 0. The molecular formula is C13H20ClN3S. The van der Waals surface area contributed by atoms with Gasteiger partial charge < -0.3 is 9.80 Å². The van der Waals surface area contributed by atoms with E-state index in [-0.39, 0.29) is 0 Å². The maximum Gasteiger partial charge on any atom is 0.195 e. The third-order valence-electron chi connectivity index (χ3n) is 2.23. The van der Waals surface area contributed by atoms with Crippen LogP contribution in [-0.2, 0) is 0 Å². The summed E-state index contributed by atoms with van der Waals surface area (Å²) in [7, 11) is 8.02. The molecule has 0 aromatic heterocycles. The summed E-state index contributed by atoms with van der Waals surface area (Å²) >= 11 is 7.63. The van der Waals surface area contributed by atoms with E-state index in [9.17, 15) is 0 Å². The van der Waals surface area contributed by atoms with Crippen LogP contribution >= 0.6 is 23.4 Å². The Hall–Kier alpha value is -0.870. The summed E-state index contributed by atoms with van der Waals surface area (Å²) in [6, 6.07) is 7.90. The van der Waals surface area contributed by atoms with Gasteiger partial charge in [0.15, 0.2) is 5.96 Å².